The summed E-state index contributed by atoms with van der Waals surface area (Å²) >= 11 is 0. The Hall–Kier alpha value is -3.98. The third kappa shape index (κ3) is 4.81. The lowest BCUT2D eigenvalue weighted by atomic mass is 10.00. The van der Waals surface area contributed by atoms with E-state index in [0.29, 0.717) is 18.9 Å². The molecule has 1 aliphatic heterocycles. The average molecular weight is 534 g/mol. The number of aromatic amines is 1. The minimum atomic E-state index is -3.75. The van der Waals surface area contributed by atoms with Gasteiger partial charge in [0, 0.05) is 23.2 Å². The molecule has 1 aliphatic rings. The Labute approximate surface area is 221 Å². The molecule has 0 aliphatic carbocycles. The summed E-state index contributed by atoms with van der Waals surface area (Å²) in [5.74, 6) is -0.710. The molecule has 0 saturated heterocycles. The molecule has 1 aromatic heterocycles. The Kier molecular flexibility index (Phi) is 7.03. The lowest BCUT2D eigenvalue weighted by Crippen LogP contribution is -2.33. The average Bonchev–Trinajstić information content (AvgIpc) is 3.39. The number of nitrogens with zero attached hydrogens (tertiary/aromatic N) is 2. The van der Waals surface area contributed by atoms with Gasteiger partial charge in [-0.15, -0.1) is 0 Å². The second-order valence-electron chi connectivity index (χ2n) is 9.10. The van der Waals surface area contributed by atoms with Gasteiger partial charge in [0.2, 0.25) is 0 Å². The molecule has 0 atom stereocenters. The molecule has 196 valence electrons. The maximum atomic E-state index is 15.2. The molecule has 0 saturated carbocycles. The third-order valence-electron chi connectivity index (χ3n) is 6.86. The number of ether oxygens (including phenoxy) is 1. The standard InChI is InChI=1S/C29H28FN3O4S/c1-3-23-24(10-12-27(28(23)30)38(35,36)4-2)29(34)33-13-14-37-26-11-9-21(15-22(26)17-33)19-5-7-20(8-6-19)25-16-31-18-32-25/h5-12,15-16,18H,3-4,13-14,17H2,1-2H3,(H,31,32). The van der Waals surface area contributed by atoms with E-state index in [1.54, 1.807) is 24.3 Å². The number of carbonyl (C=O) groups is 1. The molecule has 1 amide bonds. The molecule has 0 spiro atoms. The van der Waals surface area contributed by atoms with Crippen LogP contribution in [0, 0.1) is 5.82 Å². The number of nitrogens with one attached hydrogen (secondary N) is 1. The fourth-order valence-electron chi connectivity index (χ4n) is 4.71. The van der Waals surface area contributed by atoms with Gasteiger partial charge in [-0.2, -0.15) is 0 Å². The fourth-order valence-corrected chi connectivity index (χ4v) is 5.70. The van der Waals surface area contributed by atoms with Crippen molar-refractivity contribution in [2.75, 3.05) is 18.9 Å². The van der Waals surface area contributed by atoms with Crippen molar-refractivity contribution in [2.45, 2.75) is 31.7 Å². The van der Waals surface area contributed by atoms with Crippen LogP contribution in [0.25, 0.3) is 22.4 Å². The first-order chi connectivity index (χ1) is 18.3. The highest BCUT2D eigenvalue weighted by molar-refractivity contribution is 7.91. The highest BCUT2D eigenvalue weighted by Gasteiger charge is 2.27. The van der Waals surface area contributed by atoms with Gasteiger partial charge in [0.05, 0.1) is 30.5 Å². The molecule has 7 nitrogen and oxygen atoms in total. The van der Waals surface area contributed by atoms with Gasteiger partial charge in [0.1, 0.15) is 23.1 Å². The third-order valence-corrected chi connectivity index (χ3v) is 8.61. The molecule has 3 aromatic carbocycles. The first-order valence-corrected chi connectivity index (χ1v) is 14.2. The second kappa shape index (κ2) is 10.4. The quantitative estimate of drug-likeness (QED) is 0.364. The summed E-state index contributed by atoms with van der Waals surface area (Å²) in [6, 6.07) is 16.6. The molecule has 0 fully saturated rings. The van der Waals surface area contributed by atoms with E-state index < -0.39 is 15.7 Å². The van der Waals surface area contributed by atoms with E-state index in [2.05, 4.69) is 9.97 Å². The maximum absolute atomic E-state index is 15.2. The van der Waals surface area contributed by atoms with Gasteiger partial charge in [-0.25, -0.2) is 17.8 Å². The number of rotatable bonds is 6. The number of carbonyl (C=O) groups excluding carboxylic acids is 1. The zero-order valence-electron chi connectivity index (χ0n) is 21.2. The van der Waals surface area contributed by atoms with Gasteiger partial charge in [0.25, 0.3) is 5.91 Å². The molecule has 9 heteroatoms. The van der Waals surface area contributed by atoms with Crippen LogP contribution in [0.1, 0.15) is 35.3 Å². The predicted molar refractivity (Wildman–Crippen MR) is 143 cm³/mol. The van der Waals surface area contributed by atoms with E-state index in [9.17, 15) is 13.2 Å². The number of hydrogen-bond donors (Lipinski definition) is 1. The van der Waals surface area contributed by atoms with E-state index in [-0.39, 0.29) is 40.6 Å². The number of H-pyrrole nitrogens is 1. The SMILES string of the molecule is CCc1c(C(=O)N2CCOc3ccc(-c4ccc(-c5cnc[nH]5)cc4)cc3C2)ccc(S(=O)(=O)CC)c1F. The van der Waals surface area contributed by atoms with Crippen molar-refractivity contribution in [1.82, 2.24) is 14.9 Å². The summed E-state index contributed by atoms with van der Waals surface area (Å²) in [7, 11) is -3.75. The molecule has 5 rings (SSSR count). The van der Waals surface area contributed by atoms with E-state index in [1.807, 2.05) is 42.5 Å². The summed E-state index contributed by atoms with van der Waals surface area (Å²) in [5.41, 5.74) is 5.08. The first-order valence-electron chi connectivity index (χ1n) is 12.5. The Morgan fingerprint density at radius 1 is 1.05 bits per heavy atom. The molecule has 0 unspecified atom stereocenters. The van der Waals surface area contributed by atoms with Crippen molar-refractivity contribution in [3.63, 3.8) is 0 Å². The van der Waals surface area contributed by atoms with Crippen LogP contribution >= 0.6 is 0 Å². The largest absolute Gasteiger partial charge is 0.491 e. The van der Waals surface area contributed by atoms with Crippen molar-refractivity contribution < 1.29 is 22.3 Å². The molecule has 4 aromatic rings. The number of imidazole rings is 1. The van der Waals surface area contributed by atoms with Gasteiger partial charge in [0.15, 0.2) is 9.84 Å². The molecule has 2 heterocycles. The molecular formula is C29H28FN3O4S. The number of fused-ring (bicyclic) bond motifs is 1. The van der Waals surface area contributed by atoms with Crippen LogP contribution in [0.2, 0.25) is 0 Å². The minimum Gasteiger partial charge on any atom is -0.491 e. The number of sulfone groups is 1. The lowest BCUT2D eigenvalue weighted by Gasteiger charge is -2.22. The molecule has 0 bridgehead atoms. The predicted octanol–water partition coefficient (Wildman–Crippen LogP) is 5.27. The number of aromatic nitrogens is 2. The Bertz CT molecular complexity index is 1580. The van der Waals surface area contributed by atoms with Crippen molar-refractivity contribution >= 4 is 15.7 Å². The molecular weight excluding hydrogens is 505 g/mol. The Balaban J connectivity index is 1.43. The van der Waals surface area contributed by atoms with E-state index in [1.165, 1.54) is 19.1 Å². The fraction of sp³-hybridized carbons (Fsp3) is 0.241. The second-order valence-corrected chi connectivity index (χ2v) is 11.3. The van der Waals surface area contributed by atoms with Gasteiger partial charge in [-0.1, -0.05) is 44.2 Å². The topological polar surface area (TPSA) is 92.4 Å². The van der Waals surface area contributed by atoms with Crippen molar-refractivity contribution in [3.8, 4) is 28.1 Å². The van der Waals surface area contributed by atoms with E-state index >= 15 is 4.39 Å². The number of halogens is 1. The van der Waals surface area contributed by atoms with Crippen molar-refractivity contribution in [2.24, 2.45) is 0 Å². The Morgan fingerprint density at radius 3 is 2.47 bits per heavy atom. The van der Waals surface area contributed by atoms with E-state index in [4.69, 9.17) is 4.74 Å². The van der Waals surface area contributed by atoms with E-state index in [0.717, 1.165) is 27.9 Å². The van der Waals surface area contributed by atoms with Gasteiger partial charge in [-0.05, 0) is 47.4 Å². The molecule has 1 N–H and O–H groups in total. The Morgan fingerprint density at radius 2 is 1.79 bits per heavy atom. The van der Waals surface area contributed by atoms with Crippen LogP contribution in [-0.2, 0) is 22.8 Å². The van der Waals surface area contributed by atoms with Crippen molar-refractivity contribution in [3.05, 3.63) is 89.6 Å². The summed E-state index contributed by atoms with van der Waals surface area (Å²) in [6.07, 6.45) is 3.61. The van der Waals surface area contributed by atoms with Crippen LogP contribution in [0.5, 0.6) is 5.75 Å². The zero-order valence-corrected chi connectivity index (χ0v) is 22.0. The van der Waals surface area contributed by atoms with Crippen LogP contribution in [-0.4, -0.2) is 48.1 Å². The number of benzene rings is 3. The van der Waals surface area contributed by atoms with Gasteiger partial charge in [-0.3, -0.25) is 4.79 Å². The smallest absolute Gasteiger partial charge is 0.254 e. The van der Waals surface area contributed by atoms with Crippen LogP contribution < -0.4 is 4.74 Å². The van der Waals surface area contributed by atoms with Crippen LogP contribution in [0.15, 0.2) is 72.0 Å². The molecule has 38 heavy (non-hydrogen) atoms. The zero-order chi connectivity index (χ0) is 26.9. The highest BCUT2D eigenvalue weighted by Crippen LogP contribution is 2.32. The highest BCUT2D eigenvalue weighted by atomic mass is 32.2. The maximum Gasteiger partial charge on any atom is 0.254 e. The monoisotopic (exact) mass is 533 g/mol. The summed E-state index contributed by atoms with van der Waals surface area (Å²) in [5, 5.41) is 0. The van der Waals surface area contributed by atoms with Crippen LogP contribution in [0.4, 0.5) is 4.39 Å². The molecule has 0 radical (unpaired) electrons. The minimum absolute atomic E-state index is 0.112. The normalized spacial score (nSPS) is 13.5. The summed E-state index contributed by atoms with van der Waals surface area (Å²) in [6.45, 7) is 4.08. The van der Waals surface area contributed by atoms with Crippen molar-refractivity contribution in [1.29, 1.82) is 0 Å². The number of hydrogen-bond acceptors (Lipinski definition) is 5. The lowest BCUT2D eigenvalue weighted by molar-refractivity contribution is 0.0731. The summed E-state index contributed by atoms with van der Waals surface area (Å²) < 4.78 is 45.8. The van der Waals surface area contributed by atoms with Gasteiger partial charge >= 0.3 is 0 Å². The van der Waals surface area contributed by atoms with Crippen LogP contribution in [0.3, 0.4) is 0 Å². The first kappa shape index (κ1) is 25.7. The summed E-state index contributed by atoms with van der Waals surface area (Å²) in [4.78, 5) is 22.0. The van der Waals surface area contributed by atoms with Gasteiger partial charge < -0.3 is 14.6 Å². The number of amides is 1.